The molecule has 1 amide bonds. The van der Waals surface area contributed by atoms with Crippen molar-refractivity contribution in [1.82, 2.24) is 4.90 Å². The maximum absolute atomic E-state index is 14.7. The number of fused-ring (bicyclic) bond motifs is 2. The Morgan fingerprint density at radius 2 is 1.77 bits per heavy atom. The van der Waals surface area contributed by atoms with Crippen molar-refractivity contribution < 1.29 is 43.2 Å². The van der Waals surface area contributed by atoms with Crippen LogP contribution in [-0.2, 0) is 27.5 Å². The lowest BCUT2D eigenvalue weighted by molar-refractivity contribution is -0.255. The molecule has 0 aromatic heterocycles. The molecule has 3 aromatic rings. The molecule has 1 aliphatic heterocycles. The monoisotopic (exact) mass is 784 g/mol. The smallest absolute Gasteiger partial charge is 0.409 e. The molecule has 0 radical (unpaired) electrons. The van der Waals surface area contributed by atoms with Gasteiger partial charge in [0.15, 0.2) is 0 Å². The Hall–Kier alpha value is -4.71. The van der Waals surface area contributed by atoms with Gasteiger partial charge in [-0.3, -0.25) is 4.90 Å². The number of carbonyl (C=O) groups excluding carboxylic acids is 1. The summed E-state index contributed by atoms with van der Waals surface area (Å²) in [6.07, 6.45) is 8.98. The summed E-state index contributed by atoms with van der Waals surface area (Å²) in [4.78, 5) is 21.6. The Morgan fingerprint density at radius 3 is 2.49 bits per heavy atom. The molecule has 3 aromatic carbocycles. The molecule has 10 nitrogen and oxygen atoms in total. The van der Waals surface area contributed by atoms with Crippen molar-refractivity contribution in [3.63, 3.8) is 0 Å². The first-order valence-corrected chi connectivity index (χ1v) is 20.3. The minimum atomic E-state index is -1.39. The van der Waals surface area contributed by atoms with E-state index in [0.29, 0.717) is 48.6 Å². The number of allylic oxidation sites excluding steroid dienone is 1. The van der Waals surface area contributed by atoms with Gasteiger partial charge < -0.3 is 34.0 Å². The minimum Gasteiger partial charge on any atom is -0.489 e. The Kier molecular flexibility index (Phi) is 14.8. The van der Waals surface area contributed by atoms with Crippen molar-refractivity contribution in [2.45, 2.75) is 89.3 Å². The second-order valence-electron chi connectivity index (χ2n) is 15.1. The summed E-state index contributed by atoms with van der Waals surface area (Å²) in [5.41, 5.74) is 3.97. The van der Waals surface area contributed by atoms with Crippen LogP contribution in [0.25, 0.3) is 0 Å². The Bertz CT molecular complexity index is 1850. The summed E-state index contributed by atoms with van der Waals surface area (Å²) < 4.78 is 40.5. The van der Waals surface area contributed by atoms with E-state index in [9.17, 15) is 19.4 Å². The topological polar surface area (TPSA) is 119 Å². The summed E-state index contributed by atoms with van der Waals surface area (Å²) in [5, 5.41) is 24.6. The number of amides is 1. The lowest BCUT2D eigenvalue weighted by Crippen LogP contribution is -2.70. The molecule has 0 saturated heterocycles. The Balaban J connectivity index is 1.55. The van der Waals surface area contributed by atoms with Gasteiger partial charge in [0.25, 0.3) is 0 Å². The number of benzene rings is 3. The van der Waals surface area contributed by atoms with Gasteiger partial charge in [0, 0.05) is 43.2 Å². The summed E-state index contributed by atoms with van der Waals surface area (Å²) >= 11 is 0. The number of halogens is 1. The first-order valence-electron chi connectivity index (χ1n) is 20.3. The van der Waals surface area contributed by atoms with E-state index in [1.165, 1.54) is 13.2 Å². The van der Waals surface area contributed by atoms with Gasteiger partial charge in [0.2, 0.25) is 5.79 Å². The van der Waals surface area contributed by atoms with E-state index in [1.807, 2.05) is 55.5 Å². The van der Waals surface area contributed by atoms with Crippen molar-refractivity contribution >= 4 is 11.8 Å². The van der Waals surface area contributed by atoms with Crippen LogP contribution in [-0.4, -0.2) is 72.2 Å². The van der Waals surface area contributed by atoms with E-state index in [2.05, 4.69) is 12.7 Å². The van der Waals surface area contributed by atoms with Gasteiger partial charge >= 0.3 is 6.09 Å². The quantitative estimate of drug-likeness (QED) is 0.0664. The summed E-state index contributed by atoms with van der Waals surface area (Å²) in [6, 6.07) is 21.4. The molecular weight excluding hydrogens is 728 g/mol. The van der Waals surface area contributed by atoms with Crippen molar-refractivity contribution in [3.8, 4) is 11.5 Å². The average molecular weight is 785 g/mol. The third-order valence-electron chi connectivity index (χ3n) is 11.5. The zero-order chi connectivity index (χ0) is 40.2. The molecule has 1 fully saturated rings. The predicted octanol–water partition coefficient (Wildman–Crippen LogP) is 8.72. The highest BCUT2D eigenvalue weighted by atomic mass is 19.1. The van der Waals surface area contributed by atoms with Gasteiger partial charge in [0.1, 0.15) is 36.6 Å². The van der Waals surface area contributed by atoms with E-state index in [-0.39, 0.29) is 63.0 Å². The van der Waals surface area contributed by atoms with Crippen LogP contribution in [0.5, 0.6) is 11.5 Å². The maximum atomic E-state index is 14.7. The highest BCUT2D eigenvalue weighted by molar-refractivity contribution is 6.03. The molecule has 0 unspecified atom stereocenters. The zero-order valence-corrected chi connectivity index (χ0v) is 33.2. The standard InChI is InChI=1S/C46H57FN2O8/c1-4-23-49(45(52)53-3)42-29-40(48-56-30-32-15-7-6-8-16-32)37-27-33(17-11-13-24-50)36(19-12-14-25-51)43-38-28-35(54-31-34-18-9-10-20-39(34)47)21-22-41(38)57-46(42,44(37)43)55-26-5-2/h5-10,15-16,18,20-22,27-28,33,36,42-44,50-51H,2,4,11-14,17,19,23-26,29-31H2,1,3H3/t33-,36+,42-,43+,44+,46+/m0/s1. The molecule has 3 aliphatic rings. The number of unbranched alkanes of at least 4 members (excludes halogenated alkanes) is 2. The van der Waals surface area contributed by atoms with Crippen molar-refractivity contribution in [2.24, 2.45) is 22.9 Å². The number of ether oxygens (including phenoxy) is 4. The summed E-state index contributed by atoms with van der Waals surface area (Å²) in [5.74, 6) is -1.14. The number of nitrogens with zero attached hydrogens (tertiary/aromatic N) is 2. The molecule has 1 saturated carbocycles. The fraction of sp³-hybridized carbons (Fsp3) is 0.478. The van der Waals surface area contributed by atoms with Crippen molar-refractivity contribution in [3.05, 3.63) is 120 Å². The number of aliphatic hydroxyl groups excluding tert-OH is 2. The third-order valence-corrected chi connectivity index (χ3v) is 11.5. The van der Waals surface area contributed by atoms with Gasteiger partial charge in [0.05, 0.1) is 25.3 Å². The molecule has 306 valence electrons. The summed E-state index contributed by atoms with van der Waals surface area (Å²) in [7, 11) is 1.38. The minimum absolute atomic E-state index is 0.0446. The number of carbonyl (C=O) groups is 1. The number of hydrogen-bond acceptors (Lipinski definition) is 9. The lowest BCUT2D eigenvalue weighted by atomic mass is 9.55. The molecule has 11 heteroatoms. The largest absolute Gasteiger partial charge is 0.489 e. The van der Waals surface area contributed by atoms with Gasteiger partial charge in [-0.1, -0.05) is 85.6 Å². The number of oxime groups is 1. The normalized spacial score (nSPS) is 24.1. The number of methoxy groups -OCH3 is 1. The first-order chi connectivity index (χ1) is 27.9. The molecule has 6 atom stereocenters. The Morgan fingerprint density at radius 1 is 1.02 bits per heavy atom. The van der Waals surface area contributed by atoms with Crippen LogP contribution in [0.15, 0.2) is 102 Å². The number of hydrogen-bond donors (Lipinski definition) is 2. The average Bonchev–Trinajstić information content (AvgIpc) is 3.23. The van der Waals surface area contributed by atoms with Gasteiger partial charge in [-0.05, 0) is 79.3 Å². The maximum Gasteiger partial charge on any atom is 0.409 e. The molecule has 0 bridgehead atoms. The van der Waals surface area contributed by atoms with E-state index in [1.54, 1.807) is 29.2 Å². The predicted molar refractivity (Wildman–Crippen MR) is 216 cm³/mol. The van der Waals surface area contributed by atoms with Crippen LogP contribution in [0.2, 0.25) is 0 Å². The highest BCUT2D eigenvalue weighted by Crippen LogP contribution is 2.62. The van der Waals surface area contributed by atoms with E-state index < -0.39 is 23.8 Å². The molecule has 57 heavy (non-hydrogen) atoms. The molecular formula is C46H57FN2O8. The van der Waals surface area contributed by atoms with E-state index in [4.69, 9.17) is 28.9 Å². The molecule has 1 heterocycles. The van der Waals surface area contributed by atoms with Crippen molar-refractivity contribution in [2.75, 3.05) is 33.5 Å². The van der Waals surface area contributed by atoms with Crippen LogP contribution in [0.3, 0.4) is 0 Å². The number of aliphatic hydroxyl groups is 2. The molecule has 0 spiro atoms. The van der Waals surface area contributed by atoms with Crippen LogP contribution < -0.4 is 9.47 Å². The van der Waals surface area contributed by atoms with Crippen LogP contribution in [0.4, 0.5) is 9.18 Å². The van der Waals surface area contributed by atoms with Crippen molar-refractivity contribution in [1.29, 1.82) is 0 Å². The fourth-order valence-corrected chi connectivity index (χ4v) is 9.01. The molecule has 6 rings (SSSR count). The SMILES string of the molecule is C=CCO[C@@]12Oc3ccc(OCc4ccccc4F)cc3[C@H]3[C@H](CCCCO)[C@@H](CCCCO)C=C(C(=NOCc4ccccc4)C[C@@H]1N(CCC)C(=O)OC)[C@H]32. The second-order valence-corrected chi connectivity index (χ2v) is 15.1. The molecule has 2 N–H and O–H groups in total. The highest BCUT2D eigenvalue weighted by Gasteiger charge is 2.65. The van der Waals surface area contributed by atoms with Crippen LogP contribution in [0.1, 0.15) is 80.9 Å². The van der Waals surface area contributed by atoms with Gasteiger partial charge in [-0.15, -0.1) is 6.58 Å². The number of rotatable bonds is 20. The fourth-order valence-electron chi connectivity index (χ4n) is 9.01. The second kappa shape index (κ2) is 20.1. The molecule has 2 aliphatic carbocycles. The van der Waals surface area contributed by atoms with E-state index >= 15 is 0 Å². The lowest BCUT2D eigenvalue weighted by Gasteiger charge is -2.59. The third kappa shape index (κ3) is 9.37. The zero-order valence-electron chi connectivity index (χ0n) is 33.2. The van der Waals surface area contributed by atoms with Crippen LogP contribution >= 0.6 is 0 Å². The van der Waals surface area contributed by atoms with E-state index in [0.717, 1.165) is 42.4 Å². The van der Waals surface area contributed by atoms with Gasteiger partial charge in [-0.25, -0.2) is 9.18 Å². The van der Waals surface area contributed by atoms with Gasteiger partial charge in [-0.2, -0.15) is 0 Å². The van der Waals surface area contributed by atoms with Crippen LogP contribution in [0, 0.1) is 23.6 Å². The Labute approximate surface area is 335 Å². The first kappa shape index (κ1) is 41.9. The summed E-state index contributed by atoms with van der Waals surface area (Å²) in [6.45, 7) is 7.03.